The van der Waals surface area contributed by atoms with Crippen LogP contribution in [-0.2, 0) is 4.79 Å². The zero-order valence-electron chi connectivity index (χ0n) is 18.3. The fraction of sp³-hybridized carbons (Fsp3) is 0.458. The topological polar surface area (TPSA) is 76.6 Å². The van der Waals surface area contributed by atoms with Crippen LogP contribution in [0.2, 0.25) is 0 Å². The highest BCUT2D eigenvalue weighted by Crippen LogP contribution is 2.44. The largest absolute Gasteiger partial charge is 0.369 e. The van der Waals surface area contributed by atoms with Gasteiger partial charge >= 0.3 is 0 Å². The predicted octanol–water partition coefficient (Wildman–Crippen LogP) is 2.93. The Balaban J connectivity index is 1.40. The molecule has 0 radical (unpaired) electrons. The molecule has 31 heavy (non-hydrogen) atoms. The number of aromatic amines is 1. The average molecular weight is 419 g/mol. The minimum Gasteiger partial charge on any atom is -0.369 e. The van der Waals surface area contributed by atoms with Crippen LogP contribution in [0.25, 0.3) is 10.9 Å². The maximum absolute atomic E-state index is 11.9. The molecule has 1 saturated heterocycles. The molecule has 2 aliphatic heterocycles. The molecule has 162 valence electrons. The first-order valence-electron chi connectivity index (χ1n) is 11.2. The second-order valence-corrected chi connectivity index (χ2v) is 8.91. The second-order valence-electron chi connectivity index (χ2n) is 8.91. The van der Waals surface area contributed by atoms with Gasteiger partial charge in [0, 0.05) is 42.8 Å². The number of rotatable bonds is 2. The Bertz CT molecular complexity index is 1090. The standard InChI is InChI=1S/C24H30N6O/c1-4-22(31)29-7-9-30(10-8-29)24-18-11-16(3)17(12-21(18)25-14-26-24)23-15(2)5-6-20-19(23)13-27-28-20/h4-6,13,16-17,25H,1,7-12,14H2,2-3H3,(H,27,28)/t16-,17-/m0/s1. The highest BCUT2D eigenvalue weighted by Gasteiger charge is 2.35. The van der Waals surface area contributed by atoms with E-state index in [0.29, 0.717) is 18.5 Å². The van der Waals surface area contributed by atoms with Crippen LogP contribution in [0, 0.1) is 12.8 Å². The first-order valence-corrected chi connectivity index (χ1v) is 11.2. The third-order valence-electron chi connectivity index (χ3n) is 7.11. The van der Waals surface area contributed by atoms with Gasteiger partial charge in [-0.1, -0.05) is 19.6 Å². The van der Waals surface area contributed by atoms with Gasteiger partial charge in [-0.25, -0.2) is 4.99 Å². The van der Waals surface area contributed by atoms with Crippen molar-refractivity contribution >= 4 is 22.6 Å². The number of nitrogens with zero attached hydrogens (tertiary/aromatic N) is 4. The fourth-order valence-electron chi connectivity index (χ4n) is 5.43. The van der Waals surface area contributed by atoms with Crippen molar-refractivity contribution in [3.05, 3.63) is 53.4 Å². The fourth-order valence-corrected chi connectivity index (χ4v) is 5.43. The van der Waals surface area contributed by atoms with Crippen LogP contribution in [-0.4, -0.2) is 64.6 Å². The molecule has 1 aliphatic carbocycles. The minimum absolute atomic E-state index is 0.0183. The summed E-state index contributed by atoms with van der Waals surface area (Å²) in [5.41, 5.74) is 6.56. The highest BCUT2D eigenvalue weighted by molar-refractivity contribution is 6.00. The Morgan fingerprint density at radius 1 is 1.23 bits per heavy atom. The number of amidine groups is 1. The number of aromatic nitrogens is 2. The monoisotopic (exact) mass is 418 g/mol. The number of carbonyl (C=O) groups is 1. The van der Waals surface area contributed by atoms with E-state index in [1.165, 1.54) is 33.9 Å². The summed E-state index contributed by atoms with van der Waals surface area (Å²) < 4.78 is 0. The van der Waals surface area contributed by atoms with Crippen molar-refractivity contribution in [2.24, 2.45) is 10.9 Å². The van der Waals surface area contributed by atoms with E-state index in [2.05, 4.69) is 53.0 Å². The summed E-state index contributed by atoms with van der Waals surface area (Å²) in [6.07, 6.45) is 5.38. The number of hydrogen-bond acceptors (Lipinski definition) is 5. The highest BCUT2D eigenvalue weighted by atomic mass is 16.2. The van der Waals surface area contributed by atoms with Crippen molar-refractivity contribution < 1.29 is 4.79 Å². The number of nitrogens with one attached hydrogen (secondary N) is 2. The van der Waals surface area contributed by atoms with E-state index in [9.17, 15) is 4.79 Å². The number of carbonyl (C=O) groups excluding carboxylic acids is 1. The lowest BCUT2D eigenvalue weighted by atomic mass is 9.73. The SMILES string of the molecule is C=CC(=O)N1CCN(C2=NCNC3=C2C[C@H](C)[C@@H](c2c(C)ccc4[nH]ncc24)C3)CC1. The number of fused-ring (bicyclic) bond motifs is 1. The quantitative estimate of drug-likeness (QED) is 0.736. The molecular formula is C24H30N6O. The molecule has 3 heterocycles. The minimum atomic E-state index is 0.0183. The van der Waals surface area contributed by atoms with Crippen LogP contribution in [0.15, 0.2) is 47.2 Å². The van der Waals surface area contributed by atoms with E-state index in [-0.39, 0.29) is 5.91 Å². The van der Waals surface area contributed by atoms with E-state index < -0.39 is 0 Å². The van der Waals surface area contributed by atoms with Crippen LogP contribution < -0.4 is 5.32 Å². The molecular weight excluding hydrogens is 388 g/mol. The van der Waals surface area contributed by atoms with Gasteiger partial charge in [-0.2, -0.15) is 5.10 Å². The zero-order valence-corrected chi connectivity index (χ0v) is 18.3. The summed E-state index contributed by atoms with van der Waals surface area (Å²) in [6, 6.07) is 4.33. The van der Waals surface area contributed by atoms with E-state index in [0.717, 1.165) is 50.4 Å². The van der Waals surface area contributed by atoms with Crippen molar-refractivity contribution in [3.8, 4) is 0 Å². The van der Waals surface area contributed by atoms with Gasteiger partial charge in [0.2, 0.25) is 5.91 Å². The first kappa shape index (κ1) is 19.8. The summed E-state index contributed by atoms with van der Waals surface area (Å²) in [5.74, 6) is 2.10. The summed E-state index contributed by atoms with van der Waals surface area (Å²) in [6.45, 7) is 11.9. The van der Waals surface area contributed by atoms with Gasteiger partial charge in [0.15, 0.2) is 0 Å². The number of aryl methyl sites for hydroxylation is 1. The van der Waals surface area contributed by atoms with Gasteiger partial charge in [0.05, 0.1) is 11.7 Å². The molecule has 1 amide bonds. The van der Waals surface area contributed by atoms with Gasteiger partial charge in [0.1, 0.15) is 12.5 Å². The average Bonchev–Trinajstić information content (AvgIpc) is 3.27. The number of hydrogen-bond donors (Lipinski definition) is 2. The Kier molecular flexibility index (Phi) is 5.04. The lowest BCUT2D eigenvalue weighted by Crippen LogP contribution is -2.52. The summed E-state index contributed by atoms with van der Waals surface area (Å²) >= 11 is 0. The maximum atomic E-state index is 11.9. The normalized spacial score (nSPS) is 24.0. The maximum Gasteiger partial charge on any atom is 0.246 e. The Labute approximate surface area is 182 Å². The lowest BCUT2D eigenvalue weighted by molar-refractivity contribution is -0.127. The smallest absolute Gasteiger partial charge is 0.246 e. The molecule has 1 fully saturated rings. The number of aliphatic imine (C=N–C) groups is 1. The third kappa shape index (κ3) is 3.42. The van der Waals surface area contributed by atoms with Gasteiger partial charge in [-0.05, 0) is 54.9 Å². The molecule has 1 aromatic heterocycles. The van der Waals surface area contributed by atoms with E-state index in [4.69, 9.17) is 4.99 Å². The lowest BCUT2D eigenvalue weighted by Gasteiger charge is -2.41. The summed E-state index contributed by atoms with van der Waals surface area (Å²) in [4.78, 5) is 21.0. The van der Waals surface area contributed by atoms with Crippen molar-refractivity contribution in [3.63, 3.8) is 0 Å². The molecule has 0 unspecified atom stereocenters. The Morgan fingerprint density at radius 3 is 2.81 bits per heavy atom. The van der Waals surface area contributed by atoms with Crippen molar-refractivity contribution in [1.29, 1.82) is 0 Å². The van der Waals surface area contributed by atoms with Gasteiger partial charge in [0.25, 0.3) is 0 Å². The van der Waals surface area contributed by atoms with Gasteiger partial charge in [-0.15, -0.1) is 0 Å². The van der Waals surface area contributed by atoms with Crippen LogP contribution in [0.3, 0.4) is 0 Å². The molecule has 2 N–H and O–H groups in total. The molecule has 7 nitrogen and oxygen atoms in total. The Hall–Kier alpha value is -3.09. The van der Waals surface area contributed by atoms with Crippen LogP contribution in [0.5, 0.6) is 0 Å². The zero-order chi connectivity index (χ0) is 21.5. The van der Waals surface area contributed by atoms with Crippen molar-refractivity contribution in [1.82, 2.24) is 25.3 Å². The molecule has 7 heteroatoms. The molecule has 2 atom stereocenters. The van der Waals surface area contributed by atoms with Crippen LogP contribution >= 0.6 is 0 Å². The van der Waals surface area contributed by atoms with Crippen LogP contribution in [0.1, 0.15) is 36.8 Å². The van der Waals surface area contributed by atoms with Crippen molar-refractivity contribution in [2.75, 3.05) is 32.8 Å². The summed E-state index contributed by atoms with van der Waals surface area (Å²) in [7, 11) is 0. The van der Waals surface area contributed by atoms with Gasteiger partial charge in [-0.3, -0.25) is 9.89 Å². The van der Waals surface area contributed by atoms with Crippen molar-refractivity contribution in [2.45, 2.75) is 32.6 Å². The molecule has 3 aliphatic rings. The number of allylic oxidation sites excluding steroid dienone is 1. The van der Waals surface area contributed by atoms with E-state index in [1.54, 1.807) is 0 Å². The molecule has 0 bridgehead atoms. The number of piperazine rings is 1. The Morgan fingerprint density at radius 2 is 2.03 bits per heavy atom. The number of H-pyrrole nitrogens is 1. The molecule has 2 aromatic rings. The number of benzene rings is 1. The molecule has 1 aromatic carbocycles. The molecule has 5 rings (SSSR count). The predicted molar refractivity (Wildman–Crippen MR) is 123 cm³/mol. The molecule has 0 spiro atoms. The van der Waals surface area contributed by atoms with E-state index in [1.807, 2.05) is 11.1 Å². The molecule has 0 saturated carbocycles. The van der Waals surface area contributed by atoms with E-state index >= 15 is 0 Å². The van der Waals surface area contributed by atoms with Crippen LogP contribution in [0.4, 0.5) is 0 Å². The first-order chi connectivity index (χ1) is 15.1. The second kappa shape index (κ2) is 7.87. The number of amides is 1. The summed E-state index contributed by atoms with van der Waals surface area (Å²) in [5, 5.41) is 12.2. The van der Waals surface area contributed by atoms with Gasteiger partial charge < -0.3 is 15.1 Å². The third-order valence-corrected chi connectivity index (χ3v) is 7.11.